The number of rotatable bonds is 5. The van der Waals surface area contributed by atoms with Gasteiger partial charge in [-0.15, -0.1) is 0 Å². The van der Waals surface area contributed by atoms with Crippen molar-refractivity contribution in [3.8, 4) is 0 Å². The minimum Gasteiger partial charge on any atom is -0.378 e. The van der Waals surface area contributed by atoms with Gasteiger partial charge in [-0.3, -0.25) is 4.90 Å². The van der Waals surface area contributed by atoms with Gasteiger partial charge in [0, 0.05) is 58.0 Å². The van der Waals surface area contributed by atoms with Gasteiger partial charge in [-0.05, 0) is 50.6 Å². The van der Waals surface area contributed by atoms with E-state index in [0.29, 0.717) is 12.1 Å². The first-order chi connectivity index (χ1) is 12.1. The molecule has 0 spiro atoms. The van der Waals surface area contributed by atoms with Crippen LogP contribution in [-0.2, 0) is 0 Å². The number of benzene rings is 1. The lowest BCUT2D eigenvalue weighted by Gasteiger charge is -2.42. The zero-order chi connectivity index (χ0) is 17.6. The standard InChI is InChI=1S/C21H36N4/c1-18-16-22-12-15-25(18)21(17-24-13-6-4-5-7-14-24)19-8-10-20(11-9-19)23(2)3/h8-11,18,21-22H,4-7,12-17H2,1-3H3. The Morgan fingerprint density at radius 1 is 1.04 bits per heavy atom. The van der Waals surface area contributed by atoms with Gasteiger partial charge in [0.05, 0.1) is 0 Å². The molecule has 0 bridgehead atoms. The van der Waals surface area contributed by atoms with Gasteiger partial charge in [0.2, 0.25) is 0 Å². The highest BCUT2D eigenvalue weighted by Crippen LogP contribution is 2.27. The van der Waals surface area contributed by atoms with Crippen LogP contribution in [-0.4, -0.2) is 69.2 Å². The highest BCUT2D eigenvalue weighted by molar-refractivity contribution is 5.46. The third-order valence-corrected chi connectivity index (χ3v) is 5.88. The molecule has 25 heavy (non-hydrogen) atoms. The Morgan fingerprint density at radius 2 is 1.72 bits per heavy atom. The predicted octanol–water partition coefficient (Wildman–Crippen LogP) is 2.96. The summed E-state index contributed by atoms with van der Waals surface area (Å²) < 4.78 is 0. The predicted molar refractivity (Wildman–Crippen MR) is 107 cm³/mol. The van der Waals surface area contributed by atoms with Crippen LogP contribution in [0.15, 0.2) is 24.3 Å². The zero-order valence-corrected chi connectivity index (χ0v) is 16.4. The minimum absolute atomic E-state index is 0.506. The fourth-order valence-electron chi connectivity index (χ4n) is 4.28. The first kappa shape index (κ1) is 18.7. The summed E-state index contributed by atoms with van der Waals surface area (Å²) >= 11 is 0. The van der Waals surface area contributed by atoms with Crippen LogP contribution in [0.3, 0.4) is 0 Å². The lowest BCUT2D eigenvalue weighted by Crippen LogP contribution is -2.53. The largest absolute Gasteiger partial charge is 0.378 e. The normalized spacial score (nSPS) is 24.7. The van der Waals surface area contributed by atoms with E-state index >= 15 is 0 Å². The Kier molecular flexibility index (Phi) is 6.74. The highest BCUT2D eigenvalue weighted by Gasteiger charge is 2.29. The first-order valence-corrected chi connectivity index (χ1v) is 10.1. The molecule has 1 aromatic carbocycles. The molecule has 2 aliphatic rings. The van der Waals surface area contributed by atoms with Crippen LogP contribution in [0.25, 0.3) is 0 Å². The maximum Gasteiger partial charge on any atom is 0.0479 e. The summed E-state index contributed by atoms with van der Waals surface area (Å²) in [5.41, 5.74) is 2.76. The van der Waals surface area contributed by atoms with Gasteiger partial charge in [-0.1, -0.05) is 25.0 Å². The third kappa shape index (κ3) is 4.96. The summed E-state index contributed by atoms with van der Waals surface area (Å²) in [6.07, 6.45) is 5.54. The molecule has 4 nitrogen and oxygen atoms in total. The molecule has 2 saturated heterocycles. The summed E-state index contributed by atoms with van der Waals surface area (Å²) in [5.74, 6) is 0. The van der Waals surface area contributed by atoms with Gasteiger partial charge in [0.25, 0.3) is 0 Å². The SMILES string of the molecule is CC1CNCCN1C(CN1CCCCCC1)c1ccc(N(C)C)cc1. The van der Waals surface area contributed by atoms with E-state index in [1.807, 2.05) is 0 Å². The van der Waals surface area contributed by atoms with Crippen LogP contribution < -0.4 is 10.2 Å². The monoisotopic (exact) mass is 344 g/mol. The van der Waals surface area contributed by atoms with Crippen molar-refractivity contribution in [2.75, 3.05) is 58.3 Å². The number of anilines is 1. The number of piperazine rings is 1. The van der Waals surface area contributed by atoms with Gasteiger partial charge in [-0.2, -0.15) is 0 Å². The van der Waals surface area contributed by atoms with Crippen molar-refractivity contribution in [2.24, 2.45) is 0 Å². The van der Waals surface area contributed by atoms with Crippen LogP contribution >= 0.6 is 0 Å². The van der Waals surface area contributed by atoms with Crippen LogP contribution in [0, 0.1) is 0 Å². The Hall–Kier alpha value is -1.10. The maximum atomic E-state index is 3.55. The van der Waals surface area contributed by atoms with Gasteiger partial charge < -0.3 is 15.1 Å². The van der Waals surface area contributed by atoms with Crippen molar-refractivity contribution in [2.45, 2.75) is 44.7 Å². The molecule has 1 aromatic rings. The molecule has 3 rings (SSSR count). The number of nitrogens with zero attached hydrogens (tertiary/aromatic N) is 3. The molecular formula is C21H36N4. The fourth-order valence-corrected chi connectivity index (χ4v) is 4.28. The van der Waals surface area contributed by atoms with E-state index in [4.69, 9.17) is 0 Å². The summed E-state index contributed by atoms with van der Waals surface area (Å²) in [6.45, 7) is 9.44. The summed E-state index contributed by atoms with van der Waals surface area (Å²) in [6, 6.07) is 10.4. The molecule has 0 aromatic heterocycles. The van der Waals surface area contributed by atoms with Crippen LogP contribution in [0.1, 0.15) is 44.2 Å². The van der Waals surface area contributed by atoms with Crippen molar-refractivity contribution in [3.05, 3.63) is 29.8 Å². The Labute approximate surface area is 154 Å². The van der Waals surface area contributed by atoms with E-state index in [1.54, 1.807) is 0 Å². The average Bonchev–Trinajstić information content (AvgIpc) is 2.89. The Balaban J connectivity index is 1.79. The second kappa shape index (κ2) is 9.02. The molecule has 0 aliphatic carbocycles. The average molecular weight is 345 g/mol. The van der Waals surface area contributed by atoms with Gasteiger partial charge in [0.15, 0.2) is 0 Å². The summed E-state index contributed by atoms with van der Waals surface area (Å²) in [4.78, 5) is 7.62. The molecule has 0 amide bonds. The topological polar surface area (TPSA) is 21.8 Å². The second-order valence-corrected chi connectivity index (χ2v) is 8.01. The van der Waals surface area contributed by atoms with E-state index in [9.17, 15) is 0 Å². The molecule has 0 radical (unpaired) electrons. The number of hydrogen-bond donors (Lipinski definition) is 1. The molecule has 140 valence electrons. The number of hydrogen-bond acceptors (Lipinski definition) is 4. The van der Waals surface area contributed by atoms with Crippen molar-refractivity contribution in [1.82, 2.24) is 15.1 Å². The van der Waals surface area contributed by atoms with E-state index in [-0.39, 0.29) is 0 Å². The van der Waals surface area contributed by atoms with E-state index in [1.165, 1.54) is 56.6 Å². The maximum absolute atomic E-state index is 3.55. The van der Waals surface area contributed by atoms with Crippen molar-refractivity contribution in [3.63, 3.8) is 0 Å². The number of likely N-dealkylation sites (tertiary alicyclic amines) is 1. The van der Waals surface area contributed by atoms with Gasteiger partial charge >= 0.3 is 0 Å². The molecule has 1 N–H and O–H groups in total. The van der Waals surface area contributed by atoms with Crippen molar-refractivity contribution >= 4 is 5.69 Å². The second-order valence-electron chi connectivity index (χ2n) is 8.01. The molecule has 4 heteroatoms. The Morgan fingerprint density at radius 3 is 2.32 bits per heavy atom. The molecule has 2 unspecified atom stereocenters. The first-order valence-electron chi connectivity index (χ1n) is 10.1. The van der Waals surface area contributed by atoms with Gasteiger partial charge in [0.1, 0.15) is 0 Å². The Bertz CT molecular complexity index is 505. The molecule has 0 saturated carbocycles. The molecular weight excluding hydrogens is 308 g/mol. The lowest BCUT2D eigenvalue weighted by atomic mass is 10.0. The molecule has 2 atom stereocenters. The van der Waals surface area contributed by atoms with Crippen LogP contribution in [0.4, 0.5) is 5.69 Å². The lowest BCUT2D eigenvalue weighted by molar-refractivity contribution is 0.0851. The highest BCUT2D eigenvalue weighted by atomic mass is 15.3. The molecule has 2 fully saturated rings. The third-order valence-electron chi connectivity index (χ3n) is 5.88. The quantitative estimate of drug-likeness (QED) is 0.886. The summed E-state index contributed by atoms with van der Waals surface area (Å²) in [7, 11) is 4.23. The van der Waals surface area contributed by atoms with Gasteiger partial charge in [-0.25, -0.2) is 0 Å². The summed E-state index contributed by atoms with van der Waals surface area (Å²) in [5, 5.41) is 3.55. The van der Waals surface area contributed by atoms with Crippen molar-refractivity contribution < 1.29 is 0 Å². The smallest absolute Gasteiger partial charge is 0.0479 e. The van der Waals surface area contributed by atoms with E-state index in [2.05, 4.69) is 65.3 Å². The fraction of sp³-hybridized carbons (Fsp3) is 0.714. The van der Waals surface area contributed by atoms with Crippen LogP contribution in [0.2, 0.25) is 0 Å². The van der Waals surface area contributed by atoms with E-state index in [0.717, 1.165) is 19.6 Å². The minimum atomic E-state index is 0.506. The van der Waals surface area contributed by atoms with Crippen molar-refractivity contribution in [1.29, 1.82) is 0 Å². The van der Waals surface area contributed by atoms with E-state index < -0.39 is 0 Å². The van der Waals surface area contributed by atoms with Crippen LogP contribution in [0.5, 0.6) is 0 Å². The zero-order valence-electron chi connectivity index (χ0n) is 16.4. The number of nitrogens with one attached hydrogen (secondary N) is 1. The molecule has 2 aliphatic heterocycles. The molecule has 2 heterocycles.